The Balaban J connectivity index is 1.86. The van der Waals surface area contributed by atoms with Crippen molar-refractivity contribution < 1.29 is 18.7 Å². The van der Waals surface area contributed by atoms with E-state index in [1.54, 1.807) is 0 Å². The van der Waals surface area contributed by atoms with Crippen molar-refractivity contribution in [3.8, 4) is 0 Å². The van der Waals surface area contributed by atoms with Crippen molar-refractivity contribution in [3.63, 3.8) is 0 Å². The molecule has 1 aromatic rings. The second-order valence-corrected chi connectivity index (χ2v) is 11.1. The van der Waals surface area contributed by atoms with E-state index in [1.165, 1.54) is 12.1 Å². The molecule has 0 aliphatic carbocycles. The highest BCUT2D eigenvalue weighted by atomic mass is 19.1. The Labute approximate surface area is 192 Å². The lowest BCUT2D eigenvalue weighted by Crippen LogP contribution is -2.58. The standard InChI is InChI=1S/C26H40F2N2O2/c1-7-8-11-26(32)17(2)13-29(14-18(26)3)24(31)22-16-30(25(4,5)6)15-21(22)20-10-9-19(27)12-23(20)28/h9-10,12,17-18,21-22,32H,7-8,11,13-16H2,1-6H3/t17-,18+,21-,22+,26+/m0/s1. The summed E-state index contributed by atoms with van der Waals surface area (Å²) in [7, 11) is 0. The minimum absolute atomic E-state index is 0.0155. The van der Waals surface area contributed by atoms with Gasteiger partial charge in [0.25, 0.3) is 0 Å². The number of likely N-dealkylation sites (tertiary alicyclic amines) is 2. The van der Waals surface area contributed by atoms with Crippen molar-refractivity contribution in [3.05, 3.63) is 35.4 Å². The Morgan fingerprint density at radius 3 is 2.28 bits per heavy atom. The van der Waals surface area contributed by atoms with Gasteiger partial charge in [-0.2, -0.15) is 0 Å². The van der Waals surface area contributed by atoms with Gasteiger partial charge in [-0.25, -0.2) is 8.78 Å². The summed E-state index contributed by atoms with van der Waals surface area (Å²) in [4.78, 5) is 17.9. The normalized spacial score (nSPS) is 31.8. The molecule has 4 nitrogen and oxygen atoms in total. The second kappa shape index (κ2) is 9.38. The Hall–Kier alpha value is -1.53. The number of aliphatic hydroxyl groups is 1. The molecule has 2 heterocycles. The van der Waals surface area contributed by atoms with Crippen LogP contribution >= 0.6 is 0 Å². The molecule has 1 amide bonds. The van der Waals surface area contributed by atoms with Crippen LogP contribution in [0.4, 0.5) is 8.78 Å². The second-order valence-electron chi connectivity index (χ2n) is 11.1. The fraction of sp³-hybridized carbons (Fsp3) is 0.731. The molecule has 2 saturated heterocycles. The van der Waals surface area contributed by atoms with Crippen LogP contribution in [0.3, 0.4) is 0 Å². The van der Waals surface area contributed by atoms with Gasteiger partial charge in [0.15, 0.2) is 0 Å². The number of carbonyl (C=O) groups excluding carboxylic acids is 1. The lowest BCUT2D eigenvalue weighted by molar-refractivity contribution is -0.152. The van der Waals surface area contributed by atoms with Crippen LogP contribution in [0.5, 0.6) is 0 Å². The molecule has 1 aromatic carbocycles. The third-order valence-corrected chi connectivity index (χ3v) is 7.89. The fourth-order valence-electron chi connectivity index (χ4n) is 5.62. The molecule has 0 bridgehead atoms. The van der Waals surface area contributed by atoms with Gasteiger partial charge >= 0.3 is 0 Å². The zero-order valence-electron chi connectivity index (χ0n) is 20.5. The third kappa shape index (κ3) is 4.86. The Bertz CT molecular complexity index is 811. The van der Waals surface area contributed by atoms with Gasteiger partial charge in [-0.3, -0.25) is 9.69 Å². The number of hydrogen-bond donors (Lipinski definition) is 1. The summed E-state index contributed by atoms with van der Waals surface area (Å²) in [6.45, 7) is 14.6. The molecule has 1 N–H and O–H groups in total. The minimum Gasteiger partial charge on any atom is -0.389 e. The van der Waals surface area contributed by atoms with Crippen LogP contribution in [0.15, 0.2) is 18.2 Å². The van der Waals surface area contributed by atoms with Gasteiger partial charge in [0.1, 0.15) is 11.6 Å². The average Bonchev–Trinajstić information content (AvgIpc) is 3.15. The largest absolute Gasteiger partial charge is 0.389 e. The molecule has 3 rings (SSSR count). The molecule has 180 valence electrons. The molecule has 0 unspecified atom stereocenters. The van der Waals surface area contributed by atoms with Crippen molar-refractivity contribution >= 4 is 5.91 Å². The van der Waals surface area contributed by atoms with Crippen molar-refractivity contribution in [1.82, 2.24) is 9.80 Å². The van der Waals surface area contributed by atoms with Crippen LogP contribution in [0, 0.1) is 29.4 Å². The SMILES string of the molecule is CCCC[C@]1(O)[C@H](C)CN(C(=O)[C@@H]2CN(C(C)(C)C)C[C@H]2c2ccc(F)cc2F)C[C@@H]1C. The first-order chi connectivity index (χ1) is 14.9. The van der Waals surface area contributed by atoms with Gasteiger partial charge in [-0.1, -0.05) is 39.7 Å². The summed E-state index contributed by atoms with van der Waals surface area (Å²) in [5.41, 5.74) is -0.510. The Morgan fingerprint density at radius 2 is 1.75 bits per heavy atom. The van der Waals surface area contributed by atoms with E-state index >= 15 is 0 Å². The summed E-state index contributed by atoms with van der Waals surface area (Å²) in [5, 5.41) is 11.3. The predicted octanol–water partition coefficient (Wildman–Crippen LogP) is 4.81. The molecule has 2 fully saturated rings. The molecular formula is C26H40F2N2O2. The molecule has 2 aliphatic rings. The molecule has 6 heteroatoms. The van der Waals surface area contributed by atoms with E-state index in [-0.39, 0.29) is 29.2 Å². The van der Waals surface area contributed by atoms with Crippen molar-refractivity contribution in [2.45, 2.75) is 77.9 Å². The van der Waals surface area contributed by atoms with Crippen LogP contribution in [0.2, 0.25) is 0 Å². The van der Waals surface area contributed by atoms with Crippen LogP contribution < -0.4 is 0 Å². The minimum atomic E-state index is -0.762. The highest BCUT2D eigenvalue weighted by Crippen LogP contribution is 2.41. The topological polar surface area (TPSA) is 43.8 Å². The van der Waals surface area contributed by atoms with E-state index in [9.17, 15) is 18.7 Å². The zero-order valence-corrected chi connectivity index (χ0v) is 20.5. The molecule has 5 atom stereocenters. The van der Waals surface area contributed by atoms with Gasteiger partial charge in [0.2, 0.25) is 5.91 Å². The van der Waals surface area contributed by atoms with Crippen LogP contribution in [-0.2, 0) is 4.79 Å². The number of hydrogen-bond acceptors (Lipinski definition) is 3. The summed E-state index contributed by atoms with van der Waals surface area (Å²) < 4.78 is 28.3. The summed E-state index contributed by atoms with van der Waals surface area (Å²) in [5.74, 6) is -1.94. The van der Waals surface area contributed by atoms with E-state index < -0.39 is 23.2 Å². The van der Waals surface area contributed by atoms with Gasteiger partial charge in [0.05, 0.1) is 11.5 Å². The smallest absolute Gasteiger partial charge is 0.227 e. The maximum atomic E-state index is 14.7. The number of unbranched alkanes of at least 4 members (excludes halogenated alkanes) is 1. The first kappa shape index (κ1) is 25.1. The van der Waals surface area contributed by atoms with Crippen molar-refractivity contribution in [1.29, 1.82) is 0 Å². The number of benzene rings is 1. The van der Waals surface area contributed by atoms with Crippen LogP contribution in [-0.4, -0.2) is 58.1 Å². The Kier molecular flexibility index (Phi) is 7.36. The van der Waals surface area contributed by atoms with Gasteiger partial charge in [-0.15, -0.1) is 0 Å². The first-order valence-electron chi connectivity index (χ1n) is 12.1. The maximum absolute atomic E-state index is 14.7. The monoisotopic (exact) mass is 450 g/mol. The van der Waals surface area contributed by atoms with E-state index in [1.807, 2.05) is 18.7 Å². The first-order valence-corrected chi connectivity index (χ1v) is 12.1. The average molecular weight is 451 g/mol. The number of nitrogens with zero attached hydrogens (tertiary/aromatic N) is 2. The number of piperidine rings is 1. The van der Waals surface area contributed by atoms with Gasteiger partial charge in [-0.05, 0) is 38.8 Å². The summed E-state index contributed by atoms with van der Waals surface area (Å²) in [6, 6.07) is 3.68. The Morgan fingerprint density at radius 1 is 1.12 bits per heavy atom. The van der Waals surface area contributed by atoms with Gasteiger partial charge < -0.3 is 10.0 Å². The number of carbonyl (C=O) groups is 1. The number of halogens is 2. The summed E-state index contributed by atoms with van der Waals surface area (Å²) >= 11 is 0. The highest BCUT2D eigenvalue weighted by Gasteiger charge is 2.49. The highest BCUT2D eigenvalue weighted by molar-refractivity contribution is 5.81. The third-order valence-electron chi connectivity index (χ3n) is 7.89. The van der Waals surface area contributed by atoms with E-state index in [0.29, 0.717) is 31.7 Å². The van der Waals surface area contributed by atoms with E-state index in [2.05, 4.69) is 32.6 Å². The van der Waals surface area contributed by atoms with Crippen molar-refractivity contribution in [2.24, 2.45) is 17.8 Å². The van der Waals surface area contributed by atoms with E-state index in [4.69, 9.17) is 0 Å². The molecule has 0 aromatic heterocycles. The fourth-order valence-corrected chi connectivity index (χ4v) is 5.62. The molecule has 32 heavy (non-hydrogen) atoms. The quantitative estimate of drug-likeness (QED) is 0.700. The number of rotatable bonds is 5. The molecule has 2 aliphatic heterocycles. The van der Waals surface area contributed by atoms with Crippen LogP contribution in [0.25, 0.3) is 0 Å². The molecule has 0 spiro atoms. The summed E-state index contributed by atoms with van der Waals surface area (Å²) in [6.07, 6.45) is 2.74. The molecule has 0 radical (unpaired) electrons. The molecule has 0 saturated carbocycles. The zero-order chi connectivity index (χ0) is 23.8. The van der Waals surface area contributed by atoms with Crippen molar-refractivity contribution in [2.75, 3.05) is 26.2 Å². The predicted molar refractivity (Wildman–Crippen MR) is 123 cm³/mol. The van der Waals surface area contributed by atoms with Crippen LogP contribution in [0.1, 0.15) is 72.3 Å². The maximum Gasteiger partial charge on any atom is 0.227 e. The van der Waals surface area contributed by atoms with Gasteiger partial charge in [0, 0.05) is 55.5 Å². The number of amides is 1. The van der Waals surface area contributed by atoms with E-state index in [0.717, 1.165) is 25.3 Å². The lowest BCUT2D eigenvalue weighted by atomic mass is 9.72. The molecular weight excluding hydrogens is 410 g/mol. The lowest BCUT2D eigenvalue weighted by Gasteiger charge is -2.48.